The number of amides is 1. The number of anilines is 4. The first-order valence-electron chi connectivity index (χ1n) is 12.6. The van der Waals surface area contributed by atoms with Gasteiger partial charge in [-0.2, -0.15) is 10.5 Å². The zero-order valence-corrected chi connectivity index (χ0v) is 23.4. The Balaban J connectivity index is 1.99. The zero-order valence-electron chi connectivity index (χ0n) is 22.6. The molecule has 0 unspecified atom stereocenters. The summed E-state index contributed by atoms with van der Waals surface area (Å²) in [5.41, 5.74) is 3.60. The van der Waals surface area contributed by atoms with E-state index < -0.39 is 0 Å². The largest absolute Gasteiger partial charge is 0.494 e. The number of carbonyl (C=O) groups is 1. The highest BCUT2D eigenvalue weighted by Gasteiger charge is 2.23. The molecule has 1 aromatic heterocycles. The number of hydrogen-bond acceptors (Lipinski definition) is 10. The third-order valence-electron chi connectivity index (χ3n) is 5.65. The molecule has 202 valence electrons. The van der Waals surface area contributed by atoms with Gasteiger partial charge in [0.1, 0.15) is 18.0 Å². The summed E-state index contributed by atoms with van der Waals surface area (Å²) in [4.78, 5) is 14.2. The molecule has 1 amide bonds. The van der Waals surface area contributed by atoms with E-state index in [0.717, 1.165) is 11.3 Å². The number of benzene rings is 2. The molecule has 2 N–H and O–H groups in total. The van der Waals surface area contributed by atoms with Crippen molar-refractivity contribution in [3.8, 4) is 17.9 Å². The summed E-state index contributed by atoms with van der Waals surface area (Å²) in [6, 6.07) is 15.7. The van der Waals surface area contributed by atoms with Gasteiger partial charge in [0.25, 0.3) is 0 Å². The third kappa shape index (κ3) is 7.97. The molecule has 1 heterocycles. The van der Waals surface area contributed by atoms with Crippen molar-refractivity contribution in [1.29, 1.82) is 10.5 Å². The third-order valence-corrected chi connectivity index (χ3v) is 6.65. The number of nitriles is 2. The minimum absolute atomic E-state index is 0.160. The fourth-order valence-corrected chi connectivity index (χ4v) is 4.50. The van der Waals surface area contributed by atoms with Crippen LogP contribution in [-0.2, 0) is 11.3 Å². The van der Waals surface area contributed by atoms with Gasteiger partial charge in [0.15, 0.2) is 0 Å². The summed E-state index contributed by atoms with van der Waals surface area (Å²) in [5, 5.41) is 39.0. The number of rotatable bonds is 13. The van der Waals surface area contributed by atoms with Gasteiger partial charge in [-0.1, -0.05) is 29.7 Å². The number of carbonyl (C=O) groups excluding carboxylic acids is 1. The topological polar surface area (TPSA) is 143 Å². The summed E-state index contributed by atoms with van der Waals surface area (Å²) in [7, 11) is 1.57. The summed E-state index contributed by atoms with van der Waals surface area (Å²) >= 11 is 1.32. The average Bonchev–Trinajstić information content (AvgIpc) is 3.36. The second kappa shape index (κ2) is 14.4. The molecule has 0 saturated heterocycles. The van der Waals surface area contributed by atoms with Gasteiger partial charge in [0.05, 0.1) is 48.6 Å². The molecule has 0 spiro atoms. The normalized spacial score (nSPS) is 10.6. The van der Waals surface area contributed by atoms with Crippen molar-refractivity contribution in [1.82, 2.24) is 5.10 Å². The van der Waals surface area contributed by atoms with E-state index in [1.807, 2.05) is 43.0 Å². The number of hydrogen-bond donors (Lipinski definition) is 2. The molecule has 0 aliphatic carbocycles. The number of nitrogens with one attached hydrogen (secondary N) is 2. The predicted octanol–water partition coefficient (Wildman–Crippen LogP) is 5.91. The Morgan fingerprint density at radius 2 is 1.79 bits per heavy atom. The zero-order chi connectivity index (χ0) is 28.2. The van der Waals surface area contributed by atoms with Gasteiger partial charge in [0.2, 0.25) is 11.0 Å². The van der Waals surface area contributed by atoms with E-state index in [2.05, 4.69) is 38.1 Å². The molecular formula is C27H32N9O2S+. The summed E-state index contributed by atoms with van der Waals surface area (Å²) in [6.07, 6.45) is 0.938. The maximum atomic E-state index is 12.3. The van der Waals surface area contributed by atoms with Gasteiger partial charge >= 0.3 is 5.13 Å². The van der Waals surface area contributed by atoms with Gasteiger partial charge in [0, 0.05) is 31.3 Å². The van der Waals surface area contributed by atoms with Crippen molar-refractivity contribution < 1.29 is 14.2 Å². The van der Waals surface area contributed by atoms with Crippen LogP contribution in [-0.4, -0.2) is 31.2 Å². The predicted molar refractivity (Wildman–Crippen MR) is 151 cm³/mol. The summed E-state index contributed by atoms with van der Waals surface area (Å²) < 4.78 is 7.34. The van der Waals surface area contributed by atoms with Gasteiger partial charge in [-0.05, 0) is 48.5 Å². The van der Waals surface area contributed by atoms with Gasteiger partial charge < -0.3 is 20.3 Å². The molecule has 0 radical (unpaired) electrons. The number of nitrogens with zero attached hydrogens (tertiary/aromatic N) is 7. The lowest BCUT2D eigenvalue weighted by atomic mass is 10.2. The lowest BCUT2D eigenvalue weighted by molar-refractivity contribution is -0.733. The molecule has 0 aliphatic rings. The fourth-order valence-electron chi connectivity index (χ4n) is 3.53. The molecule has 0 atom stereocenters. The maximum Gasteiger partial charge on any atom is 0.432 e. The Labute approximate surface area is 232 Å². The first kappa shape index (κ1) is 29.0. The lowest BCUT2D eigenvalue weighted by Crippen LogP contribution is -2.35. The Morgan fingerprint density at radius 1 is 1.10 bits per heavy atom. The Kier molecular flexibility index (Phi) is 10.7. The molecule has 3 aromatic rings. The Bertz CT molecular complexity index is 1370. The van der Waals surface area contributed by atoms with E-state index in [4.69, 9.17) is 15.3 Å². The van der Waals surface area contributed by atoms with Crippen molar-refractivity contribution >= 4 is 50.3 Å². The minimum atomic E-state index is -0.160. The van der Waals surface area contributed by atoms with E-state index in [1.54, 1.807) is 30.8 Å². The highest BCUT2D eigenvalue weighted by atomic mass is 32.1. The molecule has 39 heavy (non-hydrogen) atoms. The molecule has 11 nitrogen and oxygen atoms in total. The Morgan fingerprint density at radius 3 is 2.38 bits per heavy atom. The number of aryl methyl sites for hydroxylation is 2. The standard InChI is InChI=1S/C27H31N9O2S/c1-5-25(37)31-21-17-23(30-20-11-9-19(3)10-12-20)24(38-4)18-22(21)32-33-26-36(6-2)34-27(39-26)35(15-7-13-28)16-8-14-29/h9-12,17-18H,5-8,15-16H2,1-4H3,(H,30,31,37)/p+1. The second-order valence-corrected chi connectivity index (χ2v) is 9.38. The molecular weight excluding hydrogens is 514 g/mol. The molecule has 0 bridgehead atoms. The van der Waals surface area contributed by atoms with Gasteiger partial charge in [-0.3, -0.25) is 4.79 Å². The van der Waals surface area contributed by atoms with Crippen molar-refractivity contribution in [3.05, 3.63) is 42.0 Å². The van der Waals surface area contributed by atoms with E-state index in [-0.39, 0.29) is 5.91 Å². The van der Waals surface area contributed by atoms with Crippen LogP contribution < -0.4 is 25.0 Å². The van der Waals surface area contributed by atoms with Gasteiger partial charge in [-0.25, -0.2) is 0 Å². The minimum Gasteiger partial charge on any atom is -0.494 e. The van der Waals surface area contributed by atoms with Crippen molar-refractivity contribution in [3.63, 3.8) is 0 Å². The van der Waals surface area contributed by atoms with Crippen LogP contribution in [0.5, 0.6) is 5.75 Å². The SMILES string of the molecule is CCC(=O)Nc1cc(Nc2ccc(C)cc2)c(OC)cc1N=Nc1sc(N(CCC#N)CCC#N)n[n+]1CC. The quantitative estimate of drug-likeness (QED) is 0.200. The molecule has 3 rings (SSSR count). The van der Waals surface area contributed by atoms with Crippen LogP contribution in [0, 0.1) is 29.6 Å². The molecule has 0 saturated carbocycles. The van der Waals surface area contributed by atoms with E-state index in [1.165, 1.54) is 11.3 Å². The maximum absolute atomic E-state index is 12.3. The summed E-state index contributed by atoms with van der Waals surface area (Å²) in [6.45, 7) is 7.22. The van der Waals surface area contributed by atoms with E-state index >= 15 is 0 Å². The van der Waals surface area contributed by atoms with E-state index in [0.29, 0.717) is 72.0 Å². The Hall–Kier alpha value is -4.55. The number of methoxy groups -OCH3 is 1. The van der Waals surface area contributed by atoms with Crippen molar-refractivity contribution in [2.24, 2.45) is 10.2 Å². The van der Waals surface area contributed by atoms with Crippen LogP contribution in [0.25, 0.3) is 0 Å². The molecule has 0 aliphatic heterocycles. The van der Waals surface area contributed by atoms with Crippen LogP contribution in [0.3, 0.4) is 0 Å². The van der Waals surface area contributed by atoms with Crippen LogP contribution >= 0.6 is 11.3 Å². The van der Waals surface area contributed by atoms with Crippen molar-refractivity contribution in [2.45, 2.75) is 46.6 Å². The van der Waals surface area contributed by atoms with Gasteiger partial charge in [-0.15, -0.1) is 4.68 Å². The number of aromatic nitrogens is 2. The number of ether oxygens (including phenoxy) is 1. The highest BCUT2D eigenvalue weighted by Crippen LogP contribution is 2.39. The fraction of sp³-hybridized carbons (Fsp3) is 0.370. The highest BCUT2D eigenvalue weighted by molar-refractivity contribution is 7.18. The average molecular weight is 547 g/mol. The molecule has 2 aromatic carbocycles. The second-order valence-electron chi connectivity index (χ2n) is 8.45. The van der Waals surface area contributed by atoms with E-state index in [9.17, 15) is 4.79 Å². The van der Waals surface area contributed by atoms with Crippen LogP contribution in [0.15, 0.2) is 46.6 Å². The van der Waals surface area contributed by atoms with Crippen LogP contribution in [0.2, 0.25) is 0 Å². The molecule has 0 fully saturated rings. The summed E-state index contributed by atoms with van der Waals surface area (Å²) in [5.74, 6) is 0.374. The van der Waals surface area contributed by atoms with Crippen LogP contribution in [0.1, 0.15) is 38.7 Å². The number of azo groups is 1. The monoisotopic (exact) mass is 546 g/mol. The van der Waals surface area contributed by atoms with Crippen molar-refractivity contribution in [2.75, 3.05) is 35.7 Å². The van der Waals surface area contributed by atoms with Crippen LogP contribution in [0.4, 0.5) is 33.0 Å². The first-order valence-corrected chi connectivity index (χ1v) is 13.4. The lowest BCUT2D eigenvalue weighted by Gasteiger charge is -2.17. The smallest absolute Gasteiger partial charge is 0.432 e. The molecule has 12 heteroatoms. The first-order chi connectivity index (χ1) is 18.9.